The first kappa shape index (κ1) is 18.5. The van der Waals surface area contributed by atoms with Gasteiger partial charge in [-0.05, 0) is 31.2 Å². The van der Waals surface area contributed by atoms with Crippen LogP contribution in [0.4, 0.5) is 0 Å². The number of nitrogens with two attached hydrogens (primary N) is 1. The Bertz CT molecular complexity index is 1050. The summed E-state index contributed by atoms with van der Waals surface area (Å²) in [5.74, 6) is -0.703. The number of rotatable bonds is 3. The van der Waals surface area contributed by atoms with Crippen LogP contribution in [0.1, 0.15) is 18.4 Å². The lowest BCUT2D eigenvalue weighted by Gasteiger charge is -2.27. The molecule has 0 unspecified atom stereocenters. The second-order valence-electron chi connectivity index (χ2n) is 5.81. The van der Waals surface area contributed by atoms with Crippen LogP contribution in [-0.2, 0) is 14.3 Å². The minimum atomic E-state index is -0.855. The van der Waals surface area contributed by atoms with E-state index in [0.29, 0.717) is 16.8 Å². The summed E-state index contributed by atoms with van der Waals surface area (Å²) in [6.07, 6.45) is 0. The number of carbonyl (C=O) groups excluding carboxylic acids is 1. The fourth-order valence-electron chi connectivity index (χ4n) is 3.04. The van der Waals surface area contributed by atoms with Crippen LogP contribution in [0, 0.1) is 11.3 Å². The van der Waals surface area contributed by atoms with Crippen LogP contribution in [0.5, 0.6) is 5.75 Å². The van der Waals surface area contributed by atoms with Crippen LogP contribution < -0.4 is 10.5 Å². The molecule has 1 aliphatic rings. The second-order valence-corrected chi connectivity index (χ2v) is 6.17. The highest BCUT2D eigenvalue weighted by molar-refractivity contribution is 6.30. The van der Waals surface area contributed by atoms with Gasteiger partial charge in [-0.3, -0.25) is 0 Å². The third kappa shape index (κ3) is 3.15. The number of ether oxygens (including phenoxy) is 3. The number of aromatic nitrogens is 1. The minimum Gasteiger partial charge on any atom is -0.497 e. The molecular formula is C19H16ClN3O4. The molecule has 0 saturated heterocycles. The summed E-state index contributed by atoms with van der Waals surface area (Å²) in [6.45, 7) is 1.58. The van der Waals surface area contributed by atoms with Crippen LogP contribution in [0.3, 0.4) is 0 Å². The van der Waals surface area contributed by atoms with Gasteiger partial charge in [-0.1, -0.05) is 11.6 Å². The fourth-order valence-corrected chi connectivity index (χ4v) is 3.30. The normalized spacial score (nSPS) is 16.8. The lowest BCUT2D eigenvalue weighted by Crippen LogP contribution is -2.25. The van der Waals surface area contributed by atoms with Crippen LogP contribution >= 0.6 is 11.6 Å². The molecule has 138 valence electrons. The number of benzene rings is 1. The first-order chi connectivity index (χ1) is 12.9. The summed E-state index contributed by atoms with van der Waals surface area (Å²) in [5.41, 5.74) is 7.18. The van der Waals surface area contributed by atoms with Gasteiger partial charge in [-0.15, -0.1) is 0 Å². The number of fused-ring (bicyclic) bond motifs is 1. The Kier molecular flexibility index (Phi) is 4.93. The Morgan fingerprint density at radius 1 is 1.37 bits per heavy atom. The molecule has 1 aromatic carbocycles. The third-order valence-electron chi connectivity index (χ3n) is 4.32. The summed E-state index contributed by atoms with van der Waals surface area (Å²) in [6, 6.07) is 9.08. The molecule has 0 saturated carbocycles. The molecule has 1 aliphatic heterocycles. The molecule has 0 radical (unpaired) electrons. The van der Waals surface area contributed by atoms with E-state index >= 15 is 0 Å². The number of nitriles is 1. The molecule has 2 aromatic rings. The van der Waals surface area contributed by atoms with Crippen LogP contribution in [0.2, 0.25) is 5.15 Å². The van der Waals surface area contributed by atoms with Gasteiger partial charge >= 0.3 is 5.97 Å². The van der Waals surface area contributed by atoms with E-state index < -0.39 is 11.9 Å². The predicted molar refractivity (Wildman–Crippen MR) is 98.7 cm³/mol. The van der Waals surface area contributed by atoms with Gasteiger partial charge in [0.1, 0.15) is 28.3 Å². The average molecular weight is 386 g/mol. The zero-order chi connectivity index (χ0) is 19.7. The zero-order valence-electron chi connectivity index (χ0n) is 14.9. The molecule has 7 nitrogen and oxygen atoms in total. The molecule has 1 aromatic heterocycles. The fraction of sp³-hybridized carbons (Fsp3) is 0.211. The molecule has 27 heavy (non-hydrogen) atoms. The van der Waals surface area contributed by atoms with E-state index in [1.165, 1.54) is 7.11 Å². The van der Waals surface area contributed by atoms with Crippen molar-refractivity contribution in [1.29, 1.82) is 5.26 Å². The van der Waals surface area contributed by atoms with Crippen molar-refractivity contribution in [2.45, 2.75) is 12.8 Å². The second kappa shape index (κ2) is 7.17. The van der Waals surface area contributed by atoms with Crippen LogP contribution in [0.15, 0.2) is 47.1 Å². The Hall–Kier alpha value is -3.24. The summed E-state index contributed by atoms with van der Waals surface area (Å²) < 4.78 is 15.5. The SMILES string of the molecule is COC(=O)C1=C(C)OC(N)=C(C#N)[C@@H]1c1cc2cc(OC)ccc2nc1Cl. The molecule has 8 heteroatoms. The zero-order valence-corrected chi connectivity index (χ0v) is 15.6. The number of pyridine rings is 1. The maximum Gasteiger partial charge on any atom is 0.338 e. The van der Waals surface area contributed by atoms with Crippen molar-refractivity contribution >= 4 is 28.5 Å². The van der Waals surface area contributed by atoms with Gasteiger partial charge in [0.05, 0.1) is 31.2 Å². The summed E-state index contributed by atoms with van der Waals surface area (Å²) in [7, 11) is 2.81. The van der Waals surface area contributed by atoms with Gasteiger partial charge in [-0.25, -0.2) is 9.78 Å². The summed E-state index contributed by atoms with van der Waals surface area (Å²) >= 11 is 6.41. The summed E-state index contributed by atoms with van der Waals surface area (Å²) in [5, 5.41) is 10.5. The Morgan fingerprint density at radius 3 is 2.74 bits per heavy atom. The number of hydrogen-bond acceptors (Lipinski definition) is 7. The maximum atomic E-state index is 12.4. The van der Waals surface area contributed by atoms with E-state index in [0.717, 1.165) is 5.39 Å². The molecule has 0 bridgehead atoms. The number of methoxy groups -OCH3 is 2. The van der Waals surface area contributed by atoms with Crippen molar-refractivity contribution in [1.82, 2.24) is 4.98 Å². The van der Waals surface area contributed by atoms with E-state index in [1.807, 2.05) is 6.07 Å². The van der Waals surface area contributed by atoms with Crippen molar-refractivity contribution in [2.75, 3.05) is 14.2 Å². The van der Waals surface area contributed by atoms with E-state index in [2.05, 4.69) is 4.98 Å². The van der Waals surface area contributed by atoms with Crippen LogP contribution in [0.25, 0.3) is 10.9 Å². The molecule has 1 atom stereocenters. The number of nitrogens with zero attached hydrogens (tertiary/aromatic N) is 2. The van der Waals surface area contributed by atoms with E-state index in [1.54, 1.807) is 38.3 Å². The smallest absolute Gasteiger partial charge is 0.338 e. The number of carbonyl (C=O) groups is 1. The van der Waals surface area contributed by atoms with Gasteiger partial charge in [0, 0.05) is 10.9 Å². The van der Waals surface area contributed by atoms with Crippen molar-refractivity contribution in [3.05, 3.63) is 57.8 Å². The molecule has 2 heterocycles. The Morgan fingerprint density at radius 2 is 2.11 bits per heavy atom. The van der Waals surface area contributed by atoms with E-state index in [4.69, 9.17) is 31.5 Å². The molecular weight excluding hydrogens is 370 g/mol. The highest BCUT2D eigenvalue weighted by atomic mass is 35.5. The molecule has 0 aliphatic carbocycles. The monoisotopic (exact) mass is 385 g/mol. The Balaban J connectivity index is 2.29. The number of hydrogen-bond donors (Lipinski definition) is 1. The highest BCUT2D eigenvalue weighted by Crippen LogP contribution is 2.42. The highest BCUT2D eigenvalue weighted by Gasteiger charge is 2.37. The van der Waals surface area contributed by atoms with Crippen LogP contribution in [-0.4, -0.2) is 25.2 Å². The number of halogens is 1. The van der Waals surface area contributed by atoms with E-state index in [9.17, 15) is 10.1 Å². The lowest BCUT2D eigenvalue weighted by atomic mass is 9.83. The molecule has 0 fully saturated rings. The standard InChI is InChI=1S/C19H16ClN3O4/c1-9-15(19(24)26-3)16(13(8-21)18(22)27-9)12-7-10-6-11(25-2)4-5-14(10)23-17(12)20/h4-7,16H,22H2,1-3H3/t16-/m0/s1. The predicted octanol–water partition coefficient (Wildman–Crippen LogP) is 3.15. The third-order valence-corrected chi connectivity index (χ3v) is 4.63. The average Bonchev–Trinajstić information content (AvgIpc) is 2.66. The number of esters is 1. The number of allylic oxidation sites excluding steroid dienone is 2. The van der Waals surface area contributed by atoms with Gasteiger partial charge < -0.3 is 19.9 Å². The Labute approximate surface area is 160 Å². The van der Waals surface area contributed by atoms with Crippen molar-refractivity contribution in [3.63, 3.8) is 0 Å². The summed E-state index contributed by atoms with van der Waals surface area (Å²) in [4.78, 5) is 16.8. The molecule has 0 amide bonds. The minimum absolute atomic E-state index is 0.0620. The van der Waals surface area contributed by atoms with Crippen molar-refractivity contribution < 1.29 is 19.0 Å². The first-order valence-electron chi connectivity index (χ1n) is 7.92. The topological polar surface area (TPSA) is 107 Å². The van der Waals surface area contributed by atoms with E-state index in [-0.39, 0.29) is 27.9 Å². The first-order valence-corrected chi connectivity index (χ1v) is 8.29. The van der Waals surface area contributed by atoms with Gasteiger partial charge in [0.25, 0.3) is 0 Å². The maximum absolute atomic E-state index is 12.4. The van der Waals surface area contributed by atoms with Gasteiger partial charge in [0.2, 0.25) is 5.88 Å². The van der Waals surface area contributed by atoms with Crippen molar-refractivity contribution in [2.24, 2.45) is 5.73 Å². The molecule has 2 N–H and O–H groups in total. The molecule has 0 spiro atoms. The van der Waals surface area contributed by atoms with Crippen molar-refractivity contribution in [3.8, 4) is 11.8 Å². The largest absolute Gasteiger partial charge is 0.497 e. The molecule has 3 rings (SSSR count). The lowest BCUT2D eigenvalue weighted by molar-refractivity contribution is -0.136. The van der Waals surface area contributed by atoms with Gasteiger partial charge in [-0.2, -0.15) is 5.26 Å². The van der Waals surface area contributed by atoms with Gasteiger partial charge in [0.15, 0.2) is 0 Å². The quantitative estimate of drug-likeness (QED) is 0.638.